The van der Waals surface area contributed by atoms with E-state index >= 15 is 0 Å². The van der Waals surface area contributed by atoms with Crippen LogP contribution in [0.2, 0.25) is 0 Å². The van der Waals surface area contributed by atoms with Gasteiger partial charge in [-0.25, -0.2) is 4.98 Å². The maximum atomic E-state index is 12.2. The number of pyridine rings is 1. The van der Waals surface area contributed by atoms with E-state index in [1.54, 1.807) is 13.3 Å². The quantitative estimate of drug-likeness (QED) is 0.697. The smallest absolute Gasteiger partial charge is 0.228 e. The standard InChI is InChI=1S/C21H21N3O2/c1-15-5-3-6-16(11-15)12-21(25)24-18-9-10-20(22-14-18)23-17-7-4-8-19(13-17)26-2/h3-11,13-14H,12H2,1-2H3,(H,22,23)(H,24,25). The van der Waals surface area contributed by atoms with Crippen LogP contribution in [0.15, 0.2) is 66.9 Å². The van der Waals surface area contributed by atoms with Gasteiger partial charge in [-0.3, -0.25) is 4.79 Å². The zero-order valence-corrected chi connectivity index (χ0v) is 14.8. The molecule has 0 saturated heterocycles. The number of aryl methyl sites for hydroxylation is 1. The molecule has 0 unspecified atom stereocenters. The summed E-state index contributed by atoms with van der Waals surface area (Å²) < 4.78 is 5.20. The fourth-order valence-corrected chi connectivity index (χ4v) is 2.60. The molecule has 2 N–H and O–H groups in total. The van der Waals surface area contributed by atoms with Gasteiger partial charge in [-0.2, -0.15) is 0 Å². The highest BCUT2D eigenvalue weighted by Gasteiger charge is 2.05. The normalized spacial score (nSPS) is 10.2. The van der Waals surface area contributed by atoms with Crippen LogP contribution in [0.25, 0.3) is 0 Å². The number of methoxy groups -OCH3 is 1. The van der Waals surface area contributed by atoms with Crippen LogP contribution in [0.5, 0.6) is 5.75 Å². The predicted molar refractivity (Wildman–Crippen MR) is 104 cm³/mol. The third-order valence-corrected chi connectivity index (χ3v) is 3.84. The number of benzene rings is 2. The average Bonchev–Trinajstić information content (AvgIpc) is 2.63. The second kappa shape index (κ2) is 8.16. The van der Waals surface area contributed by atoms with E-state index in [1.807, 2.05) is 67.6 Å². The lowest BCUT2D eigenvalue weighted by atomic mass is 10.1. The maximum Gasteiger partial charge on any atom is 0.228 e. The Morgan fingerprint density at radius 1 is 1.04 bits per heavy atom. The Balaban J connectivity index is 1.59. The highest BCUT2D eigenvalue weighted by molar-refractivity contribution is 5.92. The van der Waals surface area contributed by atoms with Gasteiger partial charge in [0.1, 0.15) is 11.6 Å². The molecule has 0 radical (unpaired) electrons. The summed E-state index contributed by atoms with van der Waals surface area (Å²) in [7, 11) is 1.63. The molecule has 3 aromatic rings. The molecule has 0 saturated carbocycles. The molecule has 132 valence electrons. The van der Waals surface area contributed by atoms with Crippen LogP contribution in [0.1, 0.15) is 11.1 Å². The van der Waals surface area contributed by atoms with Gasteiger partial charge >= 0.3 is 0 Å². The van der Waals surface area contributed by atoms with Crippen molar-refractivity contribution >= 4 is 23.1 Å². The third kappa shape index (κ3) is 4.83. The number of amides is 1. The van der Waals surface area contributed by atoms with E-state index in [9.17, 15) is 4.79 Å². The van der Waals surface area contributed by atoms with Crippen molar-refractivity contribution in [2.24, 2.45) is 0 Å². The van der Waals surface area contributed by atoms with E-state index in [-0.39, 0.29) is 5.91 Å². The molecular weight excluding hydrogens is 326 g/mol. The highest BCUT2D eigenvalue weighted by Crippen LogP contribution is 2.21. The zero-order chi connectivity index (χ0) is 18.4. The second-order valence-corrected chi connectivity index (χ2v) is 6.00. The number of nitrogens with one attached hydrogen (secondary N) is 2. The monoisotopic (exact) mass is 347 g/mol. The highest BCUT2D eigenvalue weighted by atomic mass is 16.5. The first-order chi connectivity index (χ1) is 12.6. The van der Waals surface area contributed by atoms with Gasteiger partial charge in [0, 0.05) is 11.8 Å². The minimum absolute atomic E-state index is 0.0640. The van der Waals surface area contributed by atoms with Crippen LogP contribution in [-0.4, -0.2) is 18.0 Å². The Kier molecular flexibility index (Phi) is 5.49. The molecule has 1 aromatic heterocycles. The third-order valence-electron chi connectivity index (χ3n) is 3.84. The van der Waals surface area contributed by atoms with E-state index in [0.717, 1.165) is 22.6 Å². The first kappa shape index (κ1) is 17.5. The van der Waals surface area contributed by atoms with Crippen LogP contribution in [0.4, 0.5) is 17.2 Å². The molecular formula is C21H21N3O2. The number of carbonyl (C=O) groups excluding carboxylic acids is 1. The summed E-state index contributed by atoms with van der Waals surface area (Å²) in [6.45, 7) is 2.01. The Labute approximate surface area is 153 Å². The van der Waals surface area contributed by atoms with Crippen LogP contribution >= 0.6 is 0 Å². The Hall–Kier alpha value is -3.34. The lowest BCUT2D eigenvalue weighted by Gasteiger charge is -2.09. The molecule has 0 atom stereocenters. The summed E-state index contributed by atoms with van der Waals surface area (Å²) >= 11 is 0. The first-order valence-corrected chi connectivity index (χ1v) is 8.35. The summed E-state index contributed by atoms with van der Waals surface area (Å²) in [5.41, 5.74) is 3.68. The summed E-state index contributed by atoms with van der Waals surface area (Å²) in [5, 5.41) is 6.07. The van der Waals surface area contributed by atoms with E-state index in [1.165, 1.54) is 0 Å². The van der Waals surface area contributed by atoms with E-state index in [0.29, 0.717) is 17.9 Å². The minimum Gasteiger partial charge on any atom is -0.497 e. The van der Waals surface area contributed by atoms with E-state index in [4.69, 9.17) is 4.74 Å². The number of nitrogens with zero attached hydrogens (tertiary/aromatic N) is 1. The molecule has 0 spiro atoms. The number of rotatable bonds is 6. The zero-order valence-electron chi connectivity index (χ0n) is 14.8. The molecule has 3 rings (SSSR count). The van der Waals surface area contributed by atoms with Gasteiger partial charge in [-0.05, 0) is 36.8 Å². The summed E-state index contributed by atoms with van der Waals surface area (Å²) in [5.74, 6) is 1.40. The van der Waals surface area contributed by atoms with Crippen molar-refractivity contribution in [2.75, 3.05) is 17.7 Å². The van der Waals surface area contributed by atoms with Gasteiger partial charge in [0.15, 0.2) is 0 Å². The van der Waals surface area contributed by atoms with Gasteiger partial charge in [0.05, 0.1) is 25.4 Å². The molecule has 0 aliphatic carbocycles. The van der Waals surface area contributed by atoms with Crippen molar-refractivity contribution in [1.29, 1.82) is 0 Å². The molecule has 5 heteroatoms. The Bertz CT molecular complexity index is 892. The molecule has 26 heavy (non-hydrogen) atoms. The Morgan fingerprint density at radius 3 is 2.62 bits per heavy atom. The van der Waals surface area contributed by atoms with Gasteiger partial charge in [0.2, 0.25) is 5.91 Å². The van der Waals surface area contributed by atoms with Gasteiger partial charge in [-0.15, -0.1) is 0 Å². The summed E-state index contributed by atoms with van der Waals surface area (Å²) in [6, 6.07) is 19.2. The number of aromatic nitrogens is 1. The summed E-state index contributed by atoms with van der Waals surface area (Å²) in [6.07, 6.45) is 1.97. The van der Waals surface area contributed by atoms with Crippen molar-refractivity contribution in [3.63, 3.8) is 0 Å². The van der Waals surface area contributed by atoms with Crippen molar-refractivity contribution in [3.8, 4) is 5.75 Å². The second-order valence-electron chi connectivity index (χ2n) is 6.00. The van der Waals surface area contributed by atoms with Gasteiger partial charge in [-0.1, -0.05) is 35.9 Å². The van der Waals surface area contributed by atoms with Crippen molar-refractivity contribution in [1.82, 2.24) is 4.98 Å². The molecule has 5 nitrogen and oxygen atoms in total. The van der Waals surface area contributed by atoms with Crippen LogP contribution in [-0.2, 0) is 11.2 Å². The molecule has 0 fully saturated rings. The number of ether oxygens (including phenoxy) is 1. The number of hydrogen-bond acceptors (Lipinski definition) is 4. The predicted octanol–water partition coefficient (Wildman–Crippen LogP) is 4.32. The van der Waals surface area contributed by atoms with Crippen molar-refractivity contribution in [2.45, 2.75) is 13.3 Å². The lowest BCUT2D eigenvalue weighted by Crippen LogP contribution is -2.14. The number of anilines is 3. The average molecular weight is 347 g/mol. The van der Waals surface area contributed by atoms with Crippen LogP contribution in [0.3, 0.4) is 0 Å². The first-order valence-electron chi connectivity index (χ1n) is 8.35. The van der Waals surface area contributed by atoms with Crippen molar-refractivity contribution in [3.05, 3.63) is 78.0 Å². The van der Waals surface area contributed by atoms with Crippen LogP contribution < -0.4 is 15.4 Å². The molecule has 1 heterocycles. The fourth-order valence-electron chi connectivity index (χ4n) is 2.60. The lowest BCUT2D eigenvalue weighted by molar-refractivity contribution is -0.115. The van der Waals surface area contributed by atoms with E-state index < -0.39 is 0 Å². The molecule has 0 bridgehead atoms. The maximum absolute atomic E-state index is 12.2. The van der Waals surface area contributed by atoms with Gasteiger partial charge < -0.3 is 15.4 Å². The largest absolute Gasteiger partial charge is 0.497 e. The Morgan fingerprint density at radius 2 is 1.88 bits per heavy atom. The van der Waals surface area contributed by atoms with E-state index in [2.05, 4.69) is 15.6 Å². The molecule has 0 aliphatic rings. The molecule has 1 amide bonds. The van der Waals surface area contributed by atoms with Gasteiger partial charge in [0.25, 0.3) is 0 Å². The fraction of sp³-hybridized carbons (Fsp3) is 0.143. The van der Waals surface area contributed by atoms with Crippen molar-refractivity contribution < 1.29 is 9.53 Å². The SMILES string of the molecule is COc1cccc(Nc2ccc(NC(=O)Cc3cccc(C)c3)cn2)c1. The molecule has 2 aromatic carbocycles. The summed E-state index contributed by atoms with van der Waals surface area (Å²) in [4.78, 5) is 16.5. The van der Waals surface area contributed by atoms with Crippen LogP contribution in [0, 0.1) is 6.92 Å². The number of carbonyl (C=O) groups is 1. The number of hydrogen-bond donors (Lipinski definition) is 2. The topological polar surface area (TPSA) is 63.2 Å². The minimum atomic E-state index is -0.0640. The molecule has 0 aliphatic heterocycles.